The van der Waals surface area contributed by atoms with Gasteiger partial charge in [0.2, 0.25) is 5.91 Å². The summed E-state index contributed by atoms with van der Waals surface area (Å²) < 4.78 is 0. The second-order valence-electron chi connectivity index (χ2n) is 6.01. The molecule has 108 valence electrons. The summed E-state index contributed by atoms with van der Waals surface area (Å²) in [6, 6.07) is 8.85. The molecule has 1 fully saturated rings. The van der Waals surface area contributed by atoms with Gasteiger partial charge in [0.25, 0.3) is 0 Å². The highest BCUT2D eigenvalue weighted by molar-refractivity contribution is 5.78. The largest absolute Gasteiger partial charge is 0.384 e. The van der Waals surface area contributed by atoms with E-state index < -0.39 is 0 Å². The number of benzene rings is 1. The Bertz CT molecular complexity index is 486. The van der Waals surface area contributed by atoms with Crippen molar-refractivity contribution in [3.05, 3.63) is 29.8 Å². The standard InChI is InChI=1S/C17H24N2O/c1-2-14-7-5-6-10-19(14)17(20)11-13-12-18-16-9-4-3-8-15(13)16/h3-4,8-9,13-14,18H,2,5-7,10-12H2,1H3. The Labute approximate surface area is 121 Å². The molecule has 3 heteroatoms. The maximum Gasteiger partial charge on any atom is 0.223 e. The number of fused-ring (bicyclic) bond motifs is 1. The third-order valence-electron chi connectivity index (χ3n) is 4.78. The molecule has 2 heterocycles. The summed E-state index contributed by atoms with van der Waals surface area (Å²) in [6.07, 6.45) is 5.37. The van der Waals surface area contributed by atoms with Crippen LogP contribution in [-0.4, -0.2) is 29.9 Å². The van der Waals surface area contributed by atoms with Gasteiger partial charge < -0.3 is 10.2 Å². The molecule has 2 atom stereocenters. The van der Waals surface area contributed by atoms with Gasteiger partial charge in [-0.2, -0.15) is 0 Å². The number of likely N-dealkylation sites (tertiary alicyclic amines) is 1. The number of hydrogen-bond donors (Lipinski definition) is 1. The number of nitrogens with one attached hydrogen (secondary N) is 1. The average Bonchev–Trinajstić information content (AvgIpc) is 2.90. The van der Waals surface area contributed by atoms with Crippen LogP contribution in [0.3, 0.4) is 0 Å². The van der Waals surface area contributed by atoms with E-state index in [-0.39, 0.29) is 0 Å². The molecule has 0 radical (unpaired) electrons. The lowest BCUT2D eigenvalue weighted by Crippen LogP contribution is -2.43. The SMILES string of the molecule is CCC1CCCCN1C(=O)CC1CNc2ccccc21. The minimum Gasteiger partial charge on any atom is -0.384 e. The number of carbonyl (C=O) groups excluding carboxylic acids is 1. The molecule has 0 spiro atoms. The predicted molar refractivity (Wildman–Crippen MR) is 81.9 cm³/mol. The van der Waals surface area contributed by atoms with Gasteiger partial charge in [-0.15, -0.1) is 0 Å². The van der Waals surface area contributed by atoms with Crippen molar-refractivity contribution >= 4 is 11.6 Å². The Balaban J connectivity index is 1.67. The van der Waals surface area contributed by atoms with Crippen molar-refractivity contribution in [3.8, 4) is 0 Å². The summed E-state index contributed by atoms with van der Waals surface area (Å²) in [4.78, 5) is 14.8. The first kappa shape index (κ1) is 13.5. The molecule has 2 unspecified atom stereocenters. The molecule has 3 nitrogen and oxygen atoms in total. The highest BCUT2D eigenvalue weighted by atomic mass is 16.2. The number of anilines is 1. The fourth-order valence-electron chi connectivity index (χ4n) is 3.62. The van der Waals surface area contributed by atoms with Gasteiger partial charge in [0.1, 0.15) is 0 Å². The zero-order valence-corrected chi connectivity index (χ0v) is 12.3. The van der Waals surface area contributed by atoms with Crippen LogP contribution in [0.5, 0.6) is 0 Å². The molecule has 0 bridgehead atoms. The second-order valence-corrected chi connectivity index (χ2v) is 6.01. The van der Waals surface area contributed by atoms with Crippen molar-refractivity contribution < 1.29 is 4.79 Å². The van der Waals surface area contributed by atoms with Crippen molar-refractivity contribution in [2.45, 2.75) is 51.0 Å². The lowest BCUT2D eigenvalue weighted by atomic mass is 9.94. The molecule has 3 rings (SSSR count). The number of para-hydroxylation sites is 1. The van der Waals surface area contributed by atoms with Crippen LogP contribution in [0.25, 0.3) is 0 Å². The number of amides is 1. The van der Waals surface area contributed by atoms with Crippen LogP contribution in [0.2, 0.25) is 0 Å². The summed E-state index contributed by atoms with van der Waals surface area (Å²) in [7, 11) is 0. The smallest absolute Gasteiger partial charge is 0.223 e. The minimum absolute atomic E-state index is 0.345. The van der Waals surface area contributed by atoms with Gasteiger partial charge in [0.15, 0.2) is 0 Å². The lowest BCUT2D eigenvalue weighted by molar-refractivity contribution is -0.135. The Morgan fingerprint density at radius 3 is 3.05 bits per heavy atom. The van der Waals surface area contributed by atoms with Crippen LogP contribution in [0.15, 0.2) is 24.3 Å². The molecular formula is C17H24N2O. The van der Waals surface area contributed by atoms with Crippen LogP contribution in [0, 0.1) is 0 Å². The van der Waals surface area contributed by atoms with Crippen molar-refractivity contribution in [1.82, 2.24) is 4.90 Å². The van der Waals surface area contributed by atoms with E-state index in [1.165, 1.54) is 30.5 Å². The summed E-state index contributed by atoms with van der Waals surface area (Å²) in [5.41, 5.74) is 2.52. The summed E-state index contributed by atoms with van der Waals surface area (Å²) in [5, 5.41) is 3.41. The molecule has 20 heavy (non-hydrogen) atoms. The fourth-order valence-corrected chi connectivity index (χ4v) is 3.62. The number of rotatable bonds is 3. The average molecular weight is 272 g/mol. The van der Waals surface area contributed by atoms with E-state index in [2.05, 4.69) is 35.3 Å². The maximum absolute atomic E-state index is 12.6. The Morgan fingerprint density at radius 2 is 2.20 bits per heavy atom. The monoisotopic (exact) mass is 272 g/mol. The van der Waals surface area contributed by atoms with Crippen LogP contribution >= 0.6 is 0 Å². The molecule has 1 aromatic rings. The molecule has 2 aliphatic rings. The number of piperidine rings is 1. The van der Waals surface area contributed by atoms with Gasteiger partial charge in [0, 0.05) is 37.2 Å². The zero-order valence-electron chi connectivity index (χ0n) is 12.3. The zero-order chi connectivity index (χ0) is 13.9. The second kappa shape index (κ2) is 5.86. The Kier molecular flexibility index (Phi) is 3.95. The van der Waals surface area contributed by atoms with Gasteiger partial charge in [-0.05, 0) is 37.3 Å². The molecule has 2 aliphatic heterocycles. The van der Waals surface area contributed by atoms with E-state index >= 15 is 0 Å². The van der Waals surface area contributed by atoms with Crippen LogP contribution in [-0.2, 0) is 4.79 Å². The summed E-state index contributed by atoms with van der Waals surface area (Å²) in [5.74, 6) is 0.693. The van der Waals surface area contributed by atoms with Gasteiger partial charge in [0.05, 0.1) is 0 Å². The third-order valence-corrected chi connectivity index (χ3v) is 4.78. The Hall–Kier alpha value is -1.51. The Morgan fingerprint density at radius 1 is 1.35 bits per heavy atom. The normalized spacial score (nSPS) is 25.1. The molecular weight excluding hydrogens is 248 g/mol. The van der Waals surface area contributed by atoms with Crippen molar-refractivity contribution in [2.24, 2.45) is 0 Å². The number of hydrogen-bond acceptors (Lipinski definition) is 2. The lowest BCUT2D eigenvalue weighted by Gasteiger charge is -2.36. The molecule has 0 saturated carbocycles. The van der Waals surface area contributed by atoms with E-state index in [0.29, 0.717) is 24.3 Å². The molecule has 0 aliphatic carbocycles. The van der Waals surface area contributed by atoms with E-state index in [1.807, 2.05) is 6.07 Å². The first-order valence-electron chi connectivity index (χ1n) is 7.92. The van der Waals surface area contributed by atoms with Crippen LogP contribution in [0.1, 0.15) is 50.5 Å². The van der Waals surface area contributed by atoms with Crippen LogP contribution < -0.4 is 5.32 Å². The molecule has 1 amide bonds. The fraction of sp³-hybridized carbons (Fsp3) is 0.588. The first-order chi connectivity index (χ1) is 9.79. The van der Waals surface area contributed by atoms with E-state index in [4.69, 9.17) is 0 Å². The van der Waals surface area contributed by atoms with E-state index in [0.717, 1.165) is 19.5 Å². The van der Waals surface area contributed by atoms with Gasteiger partial charge >= 0.3 is 0 Å². The molecule has 1 saturated heterocycles. The van der Waals surface area contributed by atoms with Gasteiger partial charge in [-0.1, -0.05) is 25.1 Å². The highest BCUT2D eigenvalue weighted by Gasteiger charge is 2.30. The minimum atomic E-state index is 0.345. The highest BCUT2D eigenvalue weighted by Crippen LogP contribution is 2.34. The predicted octanol–water partition coefficient (Wildman–Crippen LogP) is 3.38. The number of nitrogens with zero attached hydrogens (tertiary/aromatic N) is 1. The topological polar surface area (TPSA) is 32.3 Å². The number of carbonyl (C=O) groups is 1. The van der Waals surface area contributed by atoms with Crippen molar-refractivity contribution in [2.75, 3.05) is 18.4 Å². The summed E-state index contributed by atoms with van der Waals surface area (Å²) >= 11 is 0. The third kappa shape index (κ3) is 2.54. The van der Waals surface area contributed by atoms with Gasteiger partial charge in [-0.25, -0.2) is 0 Å². The van der Waals surface area contributed by atoms with Crippen molar-refractivity contribution in [3.63, 3.8) is 0 Å². The van der Waals surface area contributed by atoms with E-state index in [1.54, 1.807) is 0 Å². The quantitative estimate of drug-likeness (QED) is 0.915. The first-order valence-corrected chi connectivity index (χ1v) is 7.92. The molecule has 1 N–H and O–H groups in total. The van der Waals surface area contributed by atoms with Gasteiger partial charge in [-0.3, -0.25) is 4.79 Å². The van der Waals surface area contributed by atoms with E-state index in [9.17, 15) is 4.79 Å². The summed E-state index contributed by atoms with van der Waals surface area (Å²) in [6.45, 7) is 4.05. The maximum atomic E-state index is 12.6. The van der Waals surface area contributed by atoms with Crippen molar-refractivity contribution in [1.29, 1.82) is 0 Å². The van der Waals surface area contributed by atoms with Crippen LogP contribution in [0.4, 0.5) is 5.69 Å². The molecule has 0 aromatic heterocycles. The molecule has 1 aromatic carbocycles.